The Labute approximate surface area is 111 Å². The summed E-state index contributed by atoms with van der Waals surface area (Å²) in [5.74, 6) is 0.137. The van der Waals surface area contributed by atoms with Crippen LogP contribution in [0.2, 0.25) is 5.02 Å². The molecule has 1 heterocycles. The highest BCUT2D eigenvalue weighted by molar-refractivity contribution is 6.30. The molecule has 2 rings (SSSR count). The maximum atomic E-state index is 13.2. The Morgan fingerprint density at radius 1 is 1.56 bits per heavy atom. The van der Waals surface area contributed by atoms with Crippen LogP contribution in [0.5, 0.6) is 0 Å². The molecule has 1 aromatic rings. The van der Waals surface area contributed by atoms with Gasteiger partial charge in [-0.05, 0) is 31.0 Å². The lowest BCUT2D eigenvalue weighted by atomic mass is 9.91. The van der Waals surface area contributed by atoms with E-state index in [1.54, 1.807) is 12.1 Å². The maximum Gasteiger partial charge on any atom is 0.192 e. The first-order valence-electron chi connectivity index (χ1n) is 6.02. The van der Waals surface area contributed by atoms with Crippen molar-refractivity contribution >= 4 is 17.6 Å². The lowest BCUT2D eigenvalue weighted by Gasteiger charge is -2.36. The third-order valence-electron chi connectivity index (χ3n) is 3.41. The number of hydrogen-bond acceptors (Lipinski definition) is 3. The second kappa shape index (κ2) is 4.76. The first-order chi connectivity index (χ1) is 8.49. The smallest absolute Gasteiger partial charge is 0.192 e. The highest BCUT2D eigenvalue weighted by Gasteiger charge is 2.39. The van der Waals surface area contributed by atoms with Crippen LogP contribution in [-0.4, -0.2) is 23.9 Å². The van der Waals surface area contributed by atoms with Gasteiger partial charge < -0.3 is 10.6 Å². The van der Waals surface area contributed by atoms with Crippen molar-refractivity contribution in [3.05, 3.63) is 34.6 Å². The number of halogens is 2. The zero-order valence-electron chi connectivity index (χ0n) is 10.6. The molecule has 1 aliphatic rings. The van der Waals surface area contributed by atoms with E-state index in [2.05, 4.69) is 23.7 Å². The van der Waals surface area contributed by atoms with Gasteiger partial charge in [0.15, 0.2) is 5.96 Å². The minimum Gasteiger partial charge on any atom is -0.370 e. The number of benzene rings is 1. The van der Waals surface area contributed by atoms with Crippen molar-refractivity contribution in [3.63, 3.8) is 0 Å². The Morgan fingerprint density at radius 2 is 2.28 bits per heavy atom. The number of rotatable bonds is 3. The van der Waals surface area contributed by atoms with Crippen molar-refractivity contribution in [1.29, 1.82) is 0 Å². The summed E-state index contributed by atoms with van der Waals surface area (Å²) in [6.07, 6.45) is 0.973. The average Bonchev–Trinajstić information content (AvgIpc) is 2.62. The Bertz CT molecular complexity index is 489. The normalized spacial score (nSPS) is 23.3. The first-order valence-corrected chi connectivity index (χ1v) is 6.40. The van der Waals surface area contributed by atoms with E-state index in [0.717, 1.165) is 18.5 Å². The van der Waals surface area contributed by atoms with Crippen molar-refractivity contribution in [3.8, 4) is 0 Å². The minimum absolute atomic E-state index is 0.135. The molecule has 1 atom stereocenters. The summed E-state index contributed by atoms with van der Waals surface area (Å²) >= 11 is 5.85. The molecule has 2 N–H and O–H groups in total. The summed E-state index contributed by atoms with van der Waals surface area (Å²) in [6, 6.07) is 4.80. The van der Waals surface area contributed by atoms with E-state index in [1.807, 2.05) is 0 Å². The zero-order chi connectivity index (χ0) is 13.3. The SMILES string of the molecule is CCCN1C(N)=NCC1(C)c1ccc(F)c(Cl)c1. The van der Waals surface area contributed by atoms with E-state index < -0.39 is 5.82 Å². The van der Waals surface area contributed by atoms with Crippen LogP contribution in [0, 0.1) is 5.82 Å². The minimum atomic E-state index is -0.405. The molecule has 0 spiro atoms. The lowest BCUT2D eigenvalue weighted by Crippen LogP contribution is -2.47. The fraction of sp³-hybridized carbons (Fsp3) is 0.462. The summed E-state index contributed by atoms with van der Waals surface area (Å²) in [5, 5.41) is 0.135. The summed E-state index contributed by atoms with van der Waals surface area (Å²) in [5.41, 5.74) is 6.52. The predicted octanol–water partition coefficient (Wildman–Crippen LogP) is 2.73. The van der Waals surface area contributed by atoms with Gasteiger partial charge in [-0.15, -0.1) is 0 Å². The van der Waals surface area contributed by atoms with Crippen molar-refractivity contribution < 1.29 is 4.39 Å². The molecule has 0 saturated heterocycles. The fourth-order valence-corrected chi connectivity index (χ4v) is 2.50. The van der Waals surface area contributed by atoms with Crippen molar-refractivity contribution in [2.75, 3.05) is 13.1 Å². The van der Waals surface area contributed by atoms with E-state index in [9.17, 15) is 4.39 Å². The second-order valence-electron chi connectivity index (χ2n) is 4.73. The van der Waals surface area contributed by atoms with Crippen LogP contribution < -0.4 is 5.73 Å². The number of nitrogens with two attached hydrogens (primary N) is 1. The topological polar surface area (TPSA) is 41.6 Å². The van der Waals surface area contributed by atoms with Crippen LogP contribution in [0.4, 0.5) is 4.39 Å². The van der Waals surface area contributed by atoms with Crippen LogP contribution in [0.15, 0.2) is 23.2 Å². The van der Waals surface area contributed by atoms with Gasteiger partial charge in [-0.2, -0.15) is 0 Å². The van der Waals surface area contributed by atoms with E-state index in [0.29, 0.717) is 12.5 Å². The molecule has 3 nitrogen and oxygen atoms in total. The molecule has 0 aromatic heterocycles. The van der Waals surface area contributed by atoms with Crippen LogP contribution in [0.1, 0.15) is 25.8 Å². The molecule has 0 bridgehead atoms. The first kappa shape index (κ1) is 13.1. The predicted molar refractivity (Wildman–Crippen MR) is 72.2 cm³/mol. The number of guanidine groups is 1. The van der Waals surface area contributed by atoms with Gasteiger partial charge >= 0.3 is 0 Å². The monoisotopic (exact) mass is 269 g/mol. The number of nitrogens with zero attached hydrogens (tertiary/aromatic N) is 2. The van der Waals surface area contributed by atoms with Crippen LogP contribution in [0.3, 0.4) is 0 Å². The largest absolute Gasteiger partial charge is 0.370 e. The summed E-state index contributed by atoms with van der Waals surface area (Å²) < 4.78 is 13.2. The number of aliphatic imine (C=N–C) groups is 1. The summed E-state index contributed by atoms with van der Waals surface area (Å²) in [7, 11) is 0. The van der Waals surface area contributed by atoms with Crippen LogP contribution in [-0.2, 0) is 5.54 Å². The average molecular weight is 270 g/mol. The molecule has 0 aliphatic carbocycles. The van der Waals surface area contributed by atoms with Crippen molar-refractivity contribution in [2.24, 2.45) is 10.7 Å². The van der Waals surface area contributed by atoms with Gasteiger partial charge in [-0.25, -0.2) is 4.39 Å². The zero-order valence-corrected chi connectivity index (χ0v) is 11.3. The van der Waals surface area contributed by atoms with Gasteiger partial charge in [0, 0.05) is 6.54 Å². The van der Waals surface area contributed by atoms with Gasteiger partial charge in [0.2, 0.25) is 0 Å². The lowest BCUT2D eigenvalue weighted by molar-refractivity contribution is 0.225. The molecule has 0 saturated carbocycles. The second-order valence-corrected chi connectivity index (χ2v) is 5.14. The molecular weight excluding hydrogens is 253 g/mol. The molecule has 98 valence electrons. The third-order valence-corrected chi connectivity index (χ3v) is 3.70. The molecule has 0 fully saturated rings. The van der Waals surface area contributed by atoms with Gasteiger partial charge in [0.05, 0.1) is 17.1 Å². The molecule has 1 aromatic carbocycles. The van der Waals surface area contributed by atoms with Gasteiger partial charge in [-0.1, -0.05) is 24.6 Å². The quantitative estimate of drug-likeness (QED) is 0.917. The van der Waals surface area contributed by atoms with Gasteiger partial charge in [0.1, 0.15) is 5.82 Å². The van der Waals surface area contributed by atoms with Crippen molar-refractivity contribution in [1.82, 2.24) is 4.90 Å². The molecule has 1 aliphatic heterocycles. The Kier molecular flexibility index (Phi) is 3.48. The molecule has 5 heteroatoms. The summed E-state index contributed by atoms with van der Waals surface area (Å²) in [4.78, 5) is 6.35. The molecular formula is C13H17ClFN3. The summed E-state index contributed by atoms with van der Waals surface area (Å²) in [6.45, 7) is 5.53. The van der Waals surface area contributed by atoms with Crippen molar-refractivity contribution in [2.45, 2.75) is 25.8 Å². The maximum absolute atomic E-state index is 13.2. The van der Waals surface area contributed by atoms with E-state index in [4.69, 9.17) is 17.3 Å². The van der Waals surface area contributed by atoms with E-state index >= 15 is 0 Å². The van der Waals surface area contributed by atoms with Gasteiger partial charge in [0.25, 0.3) is 0 Å². The highest BCUT2D eigenvalue weighted by Crippen LogP contribution is 2.34. The standard InChI is InChI=1S/C13H17ClFN3/c1-3-6-18-12(16)17-8-13(18,2)9-4-5-11(15)10(14)7-9/h4-5,7H,3,6,8H2,1-2H3,(H2,16,17). The molecule has 1 unspecified atom stereocenters. The molecule has 0 radical (unpaired) electrons. The van der Waals surface area contributed by atoms with E-state index in [-0.39, 0.29) is 10.6 Å². The highest BCUT2D eigenvalue weighted by atomic mass is 35.5. The Morgan fingerprint density at radius 3 is 2.89 bits per heavy atom. The van der Waals surface area contributed by atoms with E-state index in [1.165, 1.54) is 6.07 Å². The van der Waals surface area contributed by atoms with Gasteiger partial charge in [-0.3, -0.25) is 4.99 Å². The van der Waals surface area contributed by atoms with Crippen LogP contribution in [0.25, 0.3) is 0 Å². The Balaban J connectivity index is 2.38. The molecule has 0 amide bonds. The molecule has 18 heavy (non-hydrogen) atoms. The number of hydrogen-bond donors (Lipinski definition) is 1. The van der Waals surface area contributed by atoms with Crippen LogP contribution >= 0.6 is 11.6 Å². The fourth-order valence-electron chi connectivity index (χ4n) is 2.32. The third kappa shape index (κ3) is 2.05. The Hall–Kier alpha value is -1.29.